The summed E-state index contributed by atoms with van der Waals surface area (Å²) in [6.45, 7) is 10.5. The fraction of sp³-hybridized carbons (Fsp3) is 0.333. The maximum Gasteiger partial charge on any atom is 0.105 e. The largest absolute Gasteiger partial charge is 0.384 e. The van der Waals surface area contributed by atoms with Crippen molar-refractivity contribution in [2.45, 2.75) is 40.7 Å². The van der Waals surface area contributed by atoms with E-state index in [2.05, 4.69) is 34.6 Å². The van der Waals surface area contributed by atoms with E-state index in [1.54, 1.807) is 0 Å². The quantitative estimate of drug-likeness (QED) is 0.828. The molecule has 0 radical (unpaired) electrons. The van der Waals surface area contributed by atoms with E-state index >= 15 is 0 Å². The maximum atomic E-state index is 10.8. The van der Waals surface area contributed by atoms with Crippen LogP contribution in [-0.4, -0.2) is 5.11 Å². The minimum atomic E-state index is -0.633. The van der Waals surface area contributed by atoms with Crippen molar-refractivity contribution >= 4 is 11.6 Å². The van der Waals surface area contributed by atoms with Gasteiger partial charge in [0.25, 0.3) is 0 Å². The van der Waals surface area contributed by atoms with Crippen molar-refractivity contribution in [1.82, 2.24) is 0 Å². The summed E-state index contributed by atoms with van der Waals surface area (Å²) in [6.07, 6.45) is -0.633. The summed E-state index contributed by atoms with van der Waals surface area (Å²) < 4.78 is 0. The summed E-state index contributed by atoms with van der Waals surface area (Å²) in [6, 6.07) is 7.44. The third kappa shape index (κ3) is 2.48. The topological polar surface area (TPSA) is 20.2 Å². The number of aliphatic hydroxyl groups excluding tert-OH is 1. The van der Waals surface area contributed by atoms with Crippen molar-refractivity contribution in [3.63, 3.8) is 0 Å². The molecule has 2 rings (SSSR count). The Morgan fingerprint density at radius 3 is 1.85 bits per heavy atom. The van der Waals surface area contributed by atoms with Crippen molar-refractivity contribution in [2.75, 3.05) is 0 Å². The van der Waals surface area contributed by atoms with E-state index in [9.17, 15) is 5.11 Å². The number of benzene rings is 2. The number of hydrogen-bond donors (Lipinski definition) is 1. The van der Waals surface area contributed by atoms with Crippen LogP contribution >= 0.6 is 11.6 Å². The Bertz CT molecular complexity index is 630. The molecule has 1 unspecified atom stereocenters. The van der Waals surface area contributed by atoms with Gasteiger partial charge in [0.1, 0.15) is 6.10 Å². The van der Waals surface area contributed by atoms with Gasteiger partial charge in [-0.05, 0) is 85.7 Å². The molecule has 0 bridgehead atoms. The van der Waals surface area contributed by atoms with Gasteiger partial charge in [-0.25, -0.2) is 0 Å². The first-order valence-electron chi connectivity index (χ1n) is 6.85. The number of halogens is 1. The van der Waals surface area contributed by atoms with Gasteiger partial charge in [0.2, 0.25) is 0 Å². The molecule has 0 aromatic heterocycles. The molecule has 0 saturated heterocycles. The van der Waals surface area contributed by atoms with Crippen LogP contribution in [0.1, 0.15) is 45.0 Å². The van der Waals surface area contributed by atoms with Crippen LogP contribution in [-0.2, 0) is 0 Å². The lowest BCUT2D eigenvalue weighted by Gasteiger charge is -2.23. The Morgan fingerprint density at radius 2 is 1.35 bits per heavy atom. The van der Waals surface area contributed by atoms with Crippen molar-refractivity contribution in [1.29, 1.82) is 0 Å². The molecule has 0 heterocycles. The van der Waals surface area contributed by atoms with E-state index in [0.29, 0.717) is 5.02 Å². The van der Waals surface area contributed by atoms with E-state index in [0.717, 1.165) is 22.3 Å². The molecule has 0 aliphatic carbocycles. The predicted molar refractivity (Wildman–Crippen MR) is 85.6 cm³/mol. The lowest BCUT2D eigenvalue weighted by molar-refractivity contribution is 0.218. The van der Waals surface area contributed by atoms with Crippen LogP contribution in [0.4, 0.5) is 0 Å². The molecule has 0 spiro atoms. The molecule has 0 saturated carbocycles. The summed E-state index contributed by atoms with van der Waals surface area (Å²) >= 11 is 6.03. The molecule has 0 aliphatic heterocycles. The van der Waals surface area contributed by atoms with E-state index in [1.807, 2.05) is 24.3 Å². The van der Waals surface area contributed by atoms with Crippen LogP contribution < -0.4 is 0 Å². The average Bonchev–Trinajstić information content (AvgIpc) is 2.43. The Hall–Kier alpha value is -1.31. The molecule has 1 nitrogen and oxygen atoms in total. The summed E-state index contributed by atoms with van der Waals surface area (Å²) in [5.74, 6) is 0. The summed E-state index contributed by atoms with van der Waals surface area (Å²) in [5, 5.41) is 11.4. The Labute approximate surface area is 126 Å². The third-order valence-corrected chi connectivity index (χ3v) is 4.73. The summed E-state index contributed by atoms with van der Waals surface area (Å²) in [7, 11) is 0. The van der Waals surface area contributed by atoms with E-state index in [4.69, 9.17) is 11.6 Å². The van der Waals surface area contributed by atoms with Crippen LogP contribution in [0.2, 0.25) is 5.02 Å². The molecule has 0 aliphatic rings. The van der Waals surface area contributed by atoms with Gasteiger partial charge in [0.15, 0.2) is 0 Å². The second kappa shape index (κ2) is 5.59. The second-order valence-electron chi connectivity index (χ2n) is 5.50. The van der Waals surface area contributed by atoms with Gasteiger partial charge in [0, 0.05) is 5.02 Å². The zero-order chi connectivity index (χ0) is 15.0. The molecule has 2 aromatic carbocycles. The van der Waals surface area contributed by atoms with E-state index in [-0.39, 0.29) is 0 Å². The normalized spacial score (nSPS) is 12.6. The predicted octanol–water partition coefficient (Wildman–Crippen LogP) is 4.96. The van der Waals surface area contributed by atoms with Gasteiger partial charge in [-0.1, -0.05) is 23.7 Å². The molecule has 20 heavy (non-hydrogen) atoms. The van der Waals surface area contributed by atoms with Crippen LogP contribution in [0.15, 0.2) is 24.3 Å². The highest BCUT2D eigenvalue weighted by Gasteiger charge is 2.20. The molecule has 2 heteroatoms. The SMILES string of the molecule is Cc1c(C)c(C)c(C(O)c2cccc(Cl)c2)c(C)c1C. The second-order valence-corrected chi connectivity index (χ2v) is 5.93. The standard InChI is InChI=1S/C18H21ClO/c1-10-11(2)13(4)17(14(5)12(10)3)18(20)15-7-6-8-16(19)9-15/h6-9,18,20H,1-5H3. The van der Waals surface area contributed by atoms with Gasteiger partial charge < -0.3 is 5.11 Å². The fourth-order valence-electron chi connectivity index (χ4n) is 2.78. The first-order chi connectivity index (χ1) is 9.34. The molecule has 106 valence electrons. The van der Waals surface area contributed by atoms with Crippen molar-refractivity contribution in [2.24, 2.45) is 0 Å². The van der Waals surface area contributed by atoms with Crippen LogP contribution in [0.25, 0.3) is 0 Å². The monoisotopic (exact) mass is 288 g/mol. The highest BCUT2D eigenvalue weighted by atomic mass is 35.5. The first kappa shape index (κ1) is 15.1. The Balaban J connectivity index is 2.64. The highest BCUT2D eigenvalue weighted by molar-refractivity contribution is 6.30. The van der Waals surface area contributed by atoms with E-state index in [1.165, 1.54) is 16.7 Å². The number of hydrogen-bond acceptors (Lipinski definition) is 1. The fourth-order valence-corrected chi connectivity index (χ4v) is 2.98. The zero-order valence-electron chi connectivity index (χ0n) is 12.7. The zero-order valence-corrected chi connectivity index (χ0v) is 13.5. The van der Waals surface area contributed by atoms with Crippen LogP contribution in [0.3, 0.4) is 0 Å². The minimum Gasteiger partial charge on any atom is -0.384 e. The molecule has 1 N–H and O–H groups in total. The number of aliphatic hydroxyl groups is 1. The van der Waals surface area contributed by atoms with Gasteiger partial charge >= 0.3 is 0 Å². The molecule has 0 amide bonds. The van der Waals surface area contributed by atoms with Gasteiger partial charge in [-0.15, -0.1) is 0 Å². The maximum absolute atomic E-state index is 10.8. The Morgan fingerprint density at radius 1 is 0.850 bits per heavy atom. The van der Waals surface area contributed by atoms with Crippen molar-refractivity contribution < 1.29 is 5.11 Å². The highest BCUT2D eigenvalue weighted by Crippen LogP contribution is 2.34. The summed E-state index contributed by atoms with van der Waals surface area (Å²) in [4.78, 5) is 0. The van der Waals surface area contributed by atoms with E-state index < -0.39 is 6.10 Å². The Kier molecular flexibility index (Phi) is 4.22. The van der Waals surface area contributed by atoms with Crippen molar-refractivity contribution in [3.05, 3.63) is 68.2 Å². The molecule has 1 atom stereocenters. The van der Waals surface area contributed by atoms with Crippen LogP contribution in [0, 0.1) is 34.6 Å². The van der Waals surface area contributed by atoms with Gasteiger partial charge in [-0.2, -0.15) is 0 Å². The molecule has 0 fully saturated rings. The lowest BCUT2D eigenvalue weighted by Crippen LogP contribution is -2.09. The summed E-state index contributed by atoms with van der Waals surface area (Å²) in [5.41, 5.74) is 7.99. The number of rotatable bonds is 2. The van der Waals surface area contributed by atoms with Gasteiger partial charge in [0.05, 0.1) is 0 Å². The first-order valence-corrected chi connectivity index (χ1v) is 7.22. The average molecular weight is 289 g/mol. The smallest absolute Gasteiger partial charge is 0.105 e. The third-order valence-electron chi connectivity index (χ3n) is 4.50. The molecular formula is C18H21ClO. The molecule has 2 aromatic rings. The minimum absolute atomic E-state index is 0.633. The van der Waals surface area contributed by atoms with Crippen molar-refractivity contribution in [3.8, 4) is 0 Å². The van der Waals surface area contributed by atoms with Gasteiger partial charge in [-0.3, -0.25) is 0 Å². The van der Waals surface area contributed by atoms with Crippen LogP contribution in [0.5, 0.6) is 0 Å². The molecular weight excluding hydrogens is 268 g/mol. The lowest BCUT2D eigenvalue weighted by atomic mass is 9.85.